The first kappa shape index (κ1) is 20.5. The van der Waals surface area contributed by atoms with E-state index in [1.807, 2.05) is 18.2 Å². The number of carbonyl (C=O) groups excluding carboxylic acids is 1. The highest BCUT2D eigenvalue weighted by Crippen LogP contribution is 2.38. The van der Waals surface area contributed by atoms with Crippen molar-refractivity contribution < 1.29 is 24.5 Å². The molecule has 5 heteroatoms. The fourth-order valence-electron chi connectivity index (χ4n) is 3.91. The molecule has 0 fully saturated rings. The number of ketones is 1. The zero-order chi connectivity index (χ0) is 21.7. The van der Waals surface area contributed by atoms with E-state index in [2.05, 4.69) is 13.8 Å². The summed E-state index contributed by atoms with van der Waals surface area (Å²) in [6.45, 7) is 7.53. The third-order valence-corrected chi connectivity index (χ3v) is 5.80. The van der Waals surface area contributed by atoms with Crippen molar-refractivity contribution in [1.29, 1.82) is 0 Å². The van der Waals surface area contributed by atoms with Crippen LogP contribution < -0.4 is 9.47 Å². The van der Waals surface area contributed by atoms with Crippen LogP contribution in [0.3, 0.4) is 0 Å². The van der Waals surface area contributed by atoms with E-state index >= 15 is 0 Å². The van der Waals surface area contributed by atoms with Gasteiger partial charge in [-0.15, -0.1) is 0 Å². The molecule has 0 spiro atoms. The van der Waals surface area contributed by atoms with Crippen LogP contribution in [0.1, 0.15) is 61.2 Å². The van der Waals surface area contributed by atoms with Crippen LogP contribution in [-0.2, 0) is 12.8 Å². The molecule has 0 saturated carbocycles. The number of fused-ring (bicyclic) bond motifs is 2. The number of benzene rings is 2. The number of hydrogen-bond acceptors (Lipinski definition) is 5. The number of rotatable bonds is 4. The van der Waals surface area contributed by atoms with Gasteiger partial charge in [-0.1, -0.05) is 12.1 Å². The lowest BCUT2D eigenvalue weighted by Crippen LogP contribution is -2.39. The summed E-state index contributed by atoms with van der Waals surface area (Å²) in [6, 6.07) is 9.03. The van der Waals surface area contributed by atoms with Gasteiger partial charge in [0.1, 0.15) is 29.0 Å². The zero-order valence-corrected chi connectivity index (χ0v) is 17.9. The molecule has 2 N–H and O–H groups in total. The molecule has 30 heavy (non-hydrogen) atoms. The van der Waals surface area contributed by atoms with Crippen molar-refractivity contribution in [2.75, 3.05) is 0 Å². The summed E-state index contributed by atoms with van der Waals surface area (Å²) in [7, 11) is 0. The van der Waals surface area contributed by atoms with Crippen molar-refractivity contribution in [3.63, 3.8) is 0 Å². The molecule has 0 aliphatic carbocycles. The number of aromatic hydroxyl groups is 1. The minimum absolute atomic E-state index is 0.124. The lowest BCUT2D eigenvalue weighted by Gasteiger charge is -2.32. The normalized spacial score (nSPS) is 19.7. The smallest absolute Gasteiger partial charge is 0.189 e. The molecule has 5 nitrogen and oxygen atoms in total. The van der Waals surface area contributed by atoms with E-state index in [0.717, 1.165) is 35.3 Å². The second-order valence-corrected chi connectivity index (χ2v) is 9.37. The van der Waals surface area contributed by atoms with Crippen LogP contribution >= 0.6 is 0 Å². The molecular weight excluding hydrogens is 380 g/mol. The molecule has 0 saturated heterocycles. The minimum Gasteiger partial charge on any atom is -0.507 e. The molecule has 4 rings (SSSR count). The number of phenolic OH excluding ortho intramolecular Hbond substituents is 1. The Hall–Kier alpha value is -2.79. The zero-order valence-electron chi connectivity index (χ0n) is 17.9. The Balaban J connectivity index is 1.52. The van der Waals surface area contributed by atoms with Gasteiger partial charge < -0.3 is 19.7 Å². The molecular formula is C25H28O5. The number of ether oxygens (including phenoxy) is 2. The fraction of sp³-hybridized carbons (Fsp3) is 0.400. The van der Waals surface area contributed by atoms with Crippen LogP contribution in [0.5, 0.6) is 17.2 Å². The highest BCUT2D eigenvalue weighted by atomic mass is 16.5. The van der Waals surface area contributed by atoms with Crippen molar-refractivity contribution in [2.45, 2.75) is 64.3 Å². The van der Waals surface area contributed by atoms with Crippen molar-refractivity contribution in [1.82, 2.24) is 0 Å². The van der Waals surface area contributed by atoms with E-state index in [-0.39, 0.29) is 22.7 Å². The average Bonchev–Trinajstić information content (AvgIpc) is 3.08. The number of hydrogen-bond donors (Lipinski definition) is 2. The predicted octanol–water partition coefficient (Wildman–Crippen LogP) is 4.47. The predicted molar refractivity (Wildman–Crippen MR) is 115 cm³/mol. The van der Waals surface area contributed by atoms with Crippen LogP contribution in [-0.4, -0.2) is 33.3 Å². The number of allylic oxidation sites excluding steroid dienone is 1. The maximum absolute atomic E-state index is 12.7. The lowest BCUT2D eigenvalue weighted by atomic mass is 9.93. The number of phenols is 1. The molecule has 2 aromatic rings. The monoisotopic (exact) mass is 408 g/mol. The summed E-state index contributed by atoms with van der Waals surface area (Å²) in [5.41, 5.74) is 1.93. The summed E-state index contributed by atoms with van der Waals surface area (Å²) in [4.78, 5) is 12.7. The quantitative estimate of drug-likeness (QED) is 0.577. The molecule has 0 unspecified atom stereocenters. The average molecular weight is 408 g/mol. The lowest BCUT2D eigenvalue weighted by molar-refractivity contribution is -0.0230. The van der Waals surface area contributed by atoms with Gasteiger partial charge in [0, 0.05) is 12.5 Å². The van der Waals surface area contributed by atoms with E-state index in [1.165, 1.54) is 12.1 Å². The Morgan fingerprint density at radius 2 is 1.93 bits per heavy atom. The Morgan fingerprint density at radius 1 is 1.17 bits per heavy atom. The molecule has 0 amide bonds. The van der Waals surface area contributed by atoms with Crippen molar-refractivity contribution in [3.8, 4) is 17.2 Å². The third-order valence-electron chi connectivity index (χ3n) is 5.80. The maximum atomic E-state index is 12.7. The highest BCUT2D eigenvalue weighted by molar-refractivity contribution is 6.08. The summed E-state index contributed by atoms with van der Waals surface area (Å²) in [5.74, 6) is 1.00. The van der Waals surface area contributed by atoms with Crippen molar-refractivity contribution >= 4 is 11.9 Å². The van der Waals surface area contributed by atoms with Gasteiger partial charge in [0.2, 0.25) is 0 Å². The topological polar surface area (TPSA) is 76.0 Å². The Morgan fingerprint density at radius 3 is 2.67 bits per heavy atom. The Bertz CT molecular complexity index is 1030. The molecule has 2 aliphatic rings. The second kappa shape index (κ2) is 7.17. The molecule has 158 valence electrons. The largest absolute Gasteiger partial charge is 0.507 e. The molecule has 0 aromatic heterocycles. The number of carbonyl (C=O) groups is 1. The molecule has 2 aliphatic heterocycles. The number of aryl methyl sites for hydroxylation is 1. The van der Waals surface area contributed by atoms with E-state index in [0.29, 0.717) is 12.2 Å². The SMILES string of the molecule is CC1(C)CCc2cc(/C=C/C(=O)c3cc4c(cc3O)O[C@@H](C(C)(C)O)C4)ccc2O1. The van der Waals surface area contributed by atoms with Gasteiger partial charge in [-0.3, -0.25) is 4.79 Å². The summed E-state index contributed by atoms with van der Waals surface area (Å²) in [6.07, 6.45) is 5.19. The highest BCUT2D eigenvalue weighted by Gasteiger charge is 2.35. The van der Waals surface area contributed by atoms with Crippen LogP contribution in [0.15, 0.2) is 36.4 Å². The molecule has 0 radical (unpaired) electrons. The third kappa shape index (κ3) is 4.08. The van der Waals surface area contributed by atoms with Gasteiger partial charge in [0.15, 0.2) is 5.78 Å². The summed E-state index contributed by atoms with van der Waals surface area (Å²) < 4.78 is 11.7. The first-order valence-electron chi connectivity index (χ1n) is 10.3. The standard InChI is InChI=1S/C25H28O5/c1-24(2)10-9-16-11-15(6-8-21(16)30-24)5-7-19(26)18-12-17-13-23(25(3,4)28)29-22(17)14-20(18)27/h5-8,11-12,14,23,27-28H,9-10,13H2,1-4H3/b7-5+/t23-/m1/s1. The summed E-state index contributed by atoms with van der Waals surface area (Å²) >= 11 is 0. The van der Waals surface area contributed by atoms with Crippen LogP contribution in [0.2, 0.25) is 0 Å². The fourth-order valence-corrected chi connectivity index (χ4v) is 3.91. The van der Waals surface area contributed by atoms with Crippen molar-refractivity contribution in [3.05, 3.63) is 58.7 Å². The van der Waals surface area contributed by atoms with Crippen LogP contribution in [0, 0.1) is 0 Å². The van der Waals surface area contributed by atoms with Gasteiger partial charge >= 0.3 is 0 Å². The van der Waals surface area contributed by atoms with Crippen LogP contribution in [0.25, 0.3) is 6.08 Å². The van der Waals surface area contributed by atoms with Crippen LogP contribution in [0.4, 0.5) is 0 Å². The Labute approximate surface area is 177 Å². The van der Waals surface area contributed by atoms with E-state index in [4.69, 9.17) is 9.47 Å². The molecule has 2 heterocycles. The number of aliphatic hydroxyl groups is 1. The van der Waals surface area contributed by atoms with Crippen molar-refractivity contribution in [2.24, 2.45) is 0 Å². The first-order chi connectivity index (χ1) is 14.0. The van der Waals surface area contributed by atoms with E-state index in [9.17, 15) is 15.0 Å². The first-order valence-corrected chi connectivity index (χ1v) is 10.3. The van der Waals surface area contributed by atoms with Gasteiger partial charge in [-0.2, -0.15) is 0 Å². The van der Waals surface area contributed by atoms with Gasteiger partial charge in [-0.25, -0.2) is 0 Å². The van der Waals surface area contributed by atoms with E-state index < -0.39 is 11.7 Å². The van der Waals surface area contributed by atoms with E-state index in [1.54, 1.807) is 26.0 Å². The summed E-state index contributed by atoms with van der Waals surface area (Å²) in [5, 5.41) is 20.5. The molecule has 1 atom stereocenters. The van der Waals surface area contributed by atoms with Gasteiger partial charge in [0.25, 0.3) is 0 Å². The van der Waals surface area contributed by atoms with Gasteiger partial charge in [0.05, 0.1) is 11.2 Å². The molecule has 2 aromatic carbocycles. The van der Waals surface area contributed by atoms with Gasteiger partial charge in [-0.05, 0) is 81.5 Å². The second-order valence-electron chi connectivity index (χ2n) is 9.37. The molecule has 0 bridgehead atoms. The Kier molecular flexibility index (Phi) is 4.89. The maximum Gasteiger partial charge on any atom is 0.189 e. The minimum atomic E-state index is -1.01.